The number of aryl methyl sites for hydroxylation is 1. The second-order valence-electron chi connectivity index (χ2n) is 4.68. The Labute approximate surface area is 114 Å². The highest BCUT2D eigenvalue weighted by atomic mass is 16.5. The van der Waals surface area contributed by atoms with Gasteiger partial charge in [0.05, 0.1) is 0 Å². The fraction of sp³-hybridized carbons (Fsp3) is 0.312. The van der Waals surface area contributed by atoms with Gasteiger partial charge in [0.2, 0.25) is 5.88 Å². The topological polar surface area (TPSA) is 48.1 Å². The van der Waals surface area contributed by atoms with Crippen molar-refractivity contribution in [2.45, 2.75) is 32.9 Å². The van der Waals surface area contributed by atoms with Crippen molar-refractivity contribution >= 4 is 0 Å². The molecule has 0 saturated heterocycles. The average Bonchev–Trinajstić information content (AvgIpc) is 2.46. The van der Waals surface area contributed by atoms with E-state index in [-0.39, 0.29) is 6.04 Å². The Kier molecular flexibility index (Phi) is 4.53. The predicted octanol–water partition coefficient (Wildman–Crippen LogP) is 3.38. The van der Waals surface area contributed by atoms with E-state index in [0.717, 1.165) is 23.1 Å². The summed E-state index contributed by atoms with van der Waals surface area (Å²) in [5.74, 6) is 0.677. The van der Waals surface area contributed by atoms with Crippen LogP contribution in [0.3, 0.4) is 0 Å². The molecule has 3 nitrogen and oxygen atoms in total. The zero-order chi connectivity index (χ0) is 13.7. The minimum Gasteiger partial charge on any atom is -0.473 e. The maximum absolute atomic E-state index is 6.00. The monoisotopic (exact) mass is 256 g/mol. The molecule has 19 heavy (non-hydrogen) atoms. The zero-order valence-electron chi connectivity index (χ0n) is 11.5. The number of pyridine rings is 1. The molecule has 2 aromatic rings. The van der Waals surface area contributed by atoms with Crippen LogP contribution in [0, 0.1) is 6.92 Å². The van der Waals surface area contributed by atoms with Gasteiger partial charge in [-0.05, 0) is 30.5 Å². The molecular weight excluding hydrogens is 236 g/mol. The van der Waals surface area contributed by atoms with Crippen molar-refractivity contribution in [2.24, 2.45) is 5.73 Å². The number of nitrogens with zero attached hydrogens (tertiary/aromatic N) is 1. The lowest BCUT2D eigenvalue weighted by atomic mass is 10.1. The van der Waals surface area contributed by atoms with Crippen LogP contribution in [0.2, 0.25) is 0 Å². The Morgan fingerprint density at radius 3 is 2.63 bits per heavy atom. The van der Waals surface area contributed by atoms with Crippen LogP contribution in [0.15, 0.2) is 42.6 Å². The summed E-state index contributed by atoms with van der Waals surface area (Å²) in [4.78, 5) is 4.36. The lowest BCUT2D eigenvalue weighted by Crippen LogP contribution is -2.10. The lowest BCUT2D eigenvalue weighted by molar-refractivity contribution is 0.291. The number of nitrogens with two attached hydrogens (primary N) is 1. The van der Waals surface area contributed by atoms with Crippen molar-refractivity contribution in [3.8, 4) is 5.88 Å². The van der Waals surface area contributed by atoms with E-state index >= 15 is 0 Å². The molecule has 3 heteroatoms. The normalized spacial score (nSPS) is 12.2. The van der Waals surface area contributed by atoms with Gasteiger partial charge in [-0.15, -0.1) is 0 Å². The van der Waals surface area contributed by atoms with E-state index in [9.17, 15) is 0 Å². The van der Waals surface area contributed by atoms with Gasteiger partial charge in [0.15, 0.2) is 0 Å². The Morgan fingerprint density at radius 1 is 1.26 bits per heavy atom. The van der Waals surface area contributed by atoms with E-state index in [2.05, 4.69) is 18.0 Å². The number of benzene rings is 1. The van der Waals surface area contributed by atoms with Gasteiger partial charge >= 0.3 is 0 Å². The van der Waals surface area contributed by atoms with Crippen molar-refractivity contribution in [1.29, 1.82) is 0 Å². The molecule has 0 bridgehead atoms. The van der Waals surface area contributed by atoms with Crippen LogP contribution in [0.5, 0.6) is 5.88 Å². The fourth-order valence-electron chi connectivity index (χ4n) is 1.90. The van der Waals surface area contributed by atoms with Crippen molar-refractivity contribution < 1.29 is 4.74 Å². The highest BCUT2D eigenvalue weighted by molar-refractivity contribution is 5.30. The summed E-state index contributed by atoms with van der Waals surface area (Å²) in [6.07, 6.45) is 2.72. The number of rotatable bonds is 5. The van der Waals surface area contributed by atoms with Crippen LogP contribution in [-0.2, 0) is 6.61 Å². The SMILES string of the molecule is CCC(N)c1cnc(OCc2ccccc2)c(C)c1. The van der Waals surface area contributed by atoms with Gasteiger partial charge in [0.1, 0.15) is 6.61 Å². The Balaban J connectivity index is 2.05. The predicted molar refractivity (Wildman–Crippen MR) is 77.0 cm³/mol. The molecule has 1 heterocycles. The average molecular weight is 256 g/mol. The molecule has 1 aromatic carbocycles. The summed E-state index contributed by atoms with van der Waals surface area (Å²) < 4.78 is 5.74. The van der Waals surface area contributed by atoms with Crippen molar-refractivity contribution in [2.75, 3.05) is 0 Å². The summed E-state index contributed by atoms with van der Waals surface area (Å²) in [6, 6.07) is 12.2. The quantitative estimate of drug-likeness (QED) is 0.892. The maximum Gasteiger partial charge on any atom is 0.216 e. The summed E-state index contributed by atoms with van der Waals surface area (Å²) in [5.41, 5.74) is 9.22. The second kappa shape index (κ2) is 6.34. The first-order chi connectivity index (χ1) is 9.20. The van der Waals surface area contributed by atoms with Crippen LogP contribution in [0.4, 0.5) is 0 Å². The van der Waals surface area contributed by atoms with Crippen molar-refractivity contribution in [3.63, 3.8) is 0 Å². The molecule has 0 aliphatic rings. The van der Waals surface area contributed by atoms with Crippen molar-refractivity contribution in [1.82, 2.24) is 4.98 Å². The maximum atomic E-state index is 6.00. The van der Waals surface area contributed by atoms with Crippen LogP contribution >= 0.6 is 0 Å². The van der Waals surface area contributed by atoms with Gasteiger partial charge in [0.25, 0.3) is 0 Å². The fourth-order valence-corrected chi connectivity index (χ4v) is 1.90. The molecule has 100 valence electrons. The molecule has 0 aliphatic heterocycles. The summed E-state index contributed by atoms with van der Waals surface area (Å²) in [7, 11) is 0. The molecule has 1 atom stereocenters. The minimum atomic E-state index is 0.0503. The van der Waals surface area contributed by atoms with Crippen LogP contribution in [0.25, 0.3) is 0 Å². The third kappa shape index (κ3) is 3.55. The Bertz CT molecular complexity index is 526. The molecule has 0 aliphatic carbocycles. The third-order valence-electron chi connectivity index (χ3n) is 3.14. The first kappa shape index (κ1) is 13.6. The lowest BCUT2D eigenvalue weighted by Gasteiger charge is -2.12. The molecule has 1 unspecified atom stereocenters. The minimum absolute atomic E-state index is 0.0503. The number of ether oxygens (including phenoxy) is 1. The molecule has 2 rings (SSSR count). The summed E-state index contributed by atoms with van der Waals surface area (Å²) >= 11 is 0. The van der Waals surface area contributed by atoms with E-state index in [1.54, 1.807) is 0 Å². The van der Waals surface area contributed by atoms with Crippen LogP contribution < -0.4 is 10.5 Å². The second-order valence-corrected chi connectivity index (χ2v) is 4.68. The molecular formula is C16H20N2O. The standard InChI is InChI=1S/C16H20N2O/c1-3-15(17)14-9-12(2)16(18-10-14)19-11-13-7-5-4-6-8-13/h4-10,15H,3,11,17H2,1-2H3. The highest BCUT2D eigenvalue weighted by Crippen LogP contribution is 2.21. The van der Waals surface area contributed by atoms with E-state index in [1.807, 2.05) is 43.5 Å². The molecule has 0 amide bonds. The molecule has 2 N–H and O–H groups in total. The van der Waals surface area contributed by atoms with E-state index in [4.69, 9.17) is 10.5 Å². The van der Waals surface area contributed by atoms with Crippen LogP contribution in [0.1, 0.15) is 36.1 Å². The van der Waals surface area contributed by atoms with Gasteiger partial charge in [-0.3, -0.25) is 0 Å². The van der Waals surface area contributed by atoms with Gasteiger partial charge in [-0.25, -0.2) is 4.98 Å². The third-order valence-corrected chi connectivity index (χ3v) is 3.14. The number of hydrogen-bond donors (Lipinski definition) is 1. The van der Waals surface area contributed by atoms with Crippen molar-refractivity contribution in [3.05, 3.63) is 59.3 Å². The van der Waals surface area contributed by atoms with E-state index < -0.39 is 0 Å². The smallest absolute Gasteiger partial charge is 0.216 e. The number of hydrogen-bond acceptors (Lipinski definition) is 3. The first-order valence-corrected chi connectivity index (χ1v) is 6.59. The zero-order valence-corrected chi connectivity index (χ0v) is 11.5. The van der Waals surface area contributed by atoms with Gasteiger partial charge in [-0.2, -0.15) is 0 Å². The molecule has 0 saturated carbocycles. The molecule has 0 fully saturated rings. The van der Waals surface area contributed by atoms with Gasteiger partial charge < -0.3 is 10.5 Å². The van der Waals surface area contributed by atoms with Gasteiger partial charge in [-0.1, -0.05) is 37.3 Å². The molecule has 1 aromatic heterocycles. The Morgan fingerprint density at radius 2 is 2.00 bits per heavy atom. The Hall–Kier alpha value is -1.87. The molecule has 0 radical (unpaired) electrons. The highest BCUT2D eigenvalue weighted by Gasteiger charge is 2.08. The summed E-state index contributed by atoms with van der Waals surface area (Å²) in [6.45, 7) is 4.60. The number of aromatic nitrogens is 1. The summed E-state index contributed by atoms with van der Waals surface area (Å²) in [5, 5.41) is 0. The largest absolute Gasteiger partial charge is 0.473 e. The van der Waals surface area contributed by atoms with E-state index in [0.29, 0.717) is 12.5 Å². The molecule has 0 spiro atoms. The first-order valence-electron chi connectivity index (χ1n) is 6.59. The van der Waals surface area contributed by atoms with Crippen LogP contribution in [-0.4, -0.2) is 4.98 Å². The van der Waals surface area contributed by atoms with Gasteiger partial charge in [0, 0.05) is 17.8 Å². The van der Waals surface area contributed by atoms with E-state index in [1.165, 1.54) is 0 Å².